The predicted octanol–water partition coefficient (Wildman–Crippen LogP) is 2.86. The van der Waals surface area contributed by atoms with Crippen molar-refractivity contribution >= 4 is 0 Å². The summed E-state index contributed by atoms with van der Waals surface area (Å²) < 4.78 is 0. The van der Waals surface area contributed by atoms with Crippen LogP contribution in [0.15, 0.2) is 55.0 Å². The van der Waals surface area contributed by atoms with E-state index in [1.54, 1.807) is 0 Å². The number of benzene rings is 1. The maximum Gasteiger partial charge on any atom is 0.0921 e. The fourth-order valence-corrected chi connectivity index (χ4v) is 2.33. The van der Waals surface area contributed by atoms with E-state index in [0.717, 1.165) is 33.8 Å². The monoisotopic (exact) mass is 276 g/mol. The lowest BCUT2D eigenvalue weighted by Crippen LogP contribution is -1.87. The molecule has 3 heterocycles. The summed E-state index contributed by atoms with van der Waals surface area (Å²) >= 11 is 0. The van der Waals surface area contributed by atoms with Gasteiger partial charge < -0.3 is 0 Å². The fourth-order valence-electron chi connectivity index (χ4n) is 2.33. The summed E-state index contributed by atoms with van der Waals surface area (Å²) in [7, 11) is 0. The normalized spacial score (nSPS) is 10.9. The van der Waals surface area contributed by atoms with Crippen LogP contribution in [0.5, 0.6) is 0 Å². The van der Waals surface area contributed by atoms with Gasteiger partial charge in [0, 0.05) is 35.3 Å². The smallest absolute Gasteiger partial charge is 0.0921 e. The molecule has 21 heavy (non-hydrogen) atoms. The Morgan fingerprint density at radius 3 is 1.10 bits per heavy atom. The number of rotatable bonds is 3. The molecule has 4 rings (SSSR count). The zero-order chi connectivity index (χ0) is 14.1. The number of hydrogen-bond donors (Lipinski definition) is 3. The Labute approximate surface area is 120 Å². The van der Waals surface area contributed by atoms with Gasteiger partial charge in [-0.1, -0.05) is 0 Å². The Morgan fingerprint density at radius 2 is 0.857 bits per heavy atom. The number of nitrogens with one attached hydrogen (secondary N) is 3. The topological polar surface area (TPSA) is 86.0 Å². The first kappa shape index (κ1) is 11.7. The lowest BCUT2D eigenvalue weighted by molar-refractivity contribution is 1.09. The Morgan fingerprint density at radius 1 is 0.524 bits per heavy atom. The van der Waals surface area contributed by atoms with Gasteiger partial charge in [-0.25, -0.2) is 0 Å². The second-order valence-corrected chi connectivity index (χ2v) is 4.68. The third kappa shape index (κ3) is 2.12. The van der Waals surface area contributed by atoms with E-state index in [0.29, 0.717) is 0 Å². The highest BCUT2D eigenvalue weighted by Crippen LogP contribution is 2.30. The molecular formula is C15H12N6. The molecule has 0 unspecified atom stereocenters. The van der Waals surface area contributed by atoms with Gasteiger partial charge in [0.15, 0.2) is 0 Å². The van der Waals surface area contributed by atoms with Gasteiger partial charge in [-0.15, -0.1) is 0 Å². The highest BCUT2D eigenvalue weighted by molar-refractivity contribution is 5.77. The highest BCUT2D eigenvalue weighted by atomic mass is 15.1. The van der Waals surface area contributed by atoms with Crippen molar-refractivity contribution in [3.8, 4) is 33.8 Å². The molecule has 0 saturated heterocycles. The summed E-state index contributed by atoms with van der Waals surface area (Å²) in [6, 6.07) is 12.0. The van der Waals surface area contributed by atoms with Gasteiger partial charge in [0.05, 0.1) is 17.1 Å². The second kappa shape index (κ2) is 4.75. The first-order chi connectivity index (χ1) is 10.4. The van der Waals surface area contributed by atoms with Gasteiger partial charge >= 0.3 is 0 Å². The van der Waals surface area contributed by atoms with Crippen molar-refractivity contribution in [3.63, 3.8) is 0 Å². The SMILES string of the molecule is c1cc(-c2cc(-c3cc[nH]n3)cc(-c3cc[nH]n3)c2)n[nH]1. The minimum Gasteiger partial charge on any atom is -0.285 e. The van der Waals surface area contributed by atoms with Crippen LogP contribution in [-0.4, -0.2) is 30.6 Å². The van der Waals surface area contributed by atoms with Crippen LogP contribution in [0.4, 0.5) is 0 Å². The van der Waals surface area contributed by atoms with E-state index >= 15 is 0 Å². The van der Waals surface area contributed by atoms with Gasteiger partial charge in [0.1, 0.15) is 0 Å². The molecule has 1 aromatic carbocycles. The molecule has 6 nitrogen and oxygen atoms in total. The molecule has 0 fully saturated rings. The highest BCUT2D eigenvalue weighted by Gasteiger charge is 2.10. The largest absolute Gasteiger partial charge is 0.285 e. The lowest BCUT2D eigenvalue weighted by Gasteiger charge is -2.05. The maximum absolute atomic E-state index is 4.25. The van der Waals surface area contributed by atoms with Crippen LogP contribution in [0.1, 0.15) is 0 Å². The molecular weight excluding hydrogens is 264 g/mol. The van der Waals surface area contributed by atoms with Crippen LogP contribution in [0.2, 0.25) is 0 Å². The molecule has 0 saturated carbocycles. The van der Waals surface area contributed by atoms with Gasteiger partial charge in [-0.3, -0.25) is 15.3 Å². The Hall–Kier alpha value is -3.15. The Bertz CT molecular complexity index is 701. The maximum atomic E-state index is 4.25. The minimum atomic E-state index is 0.893. The third-order valence-corrected chi connectivity index (χ3v) is 3.32. The van der Waals surface area contributed by atoms with Crippen LogP contribution in [0.3, 0.4) is 0 Å². The van der Waals surface area contributed by atoms with Crippen molar-refractivity contribution < 1.29 is 0 Å². The molecule has 6 heteroatoms. The fraction of sp³-hybridized carbons (Fsp3) is 0. The van der Waals surface area contributed by atoms with Crippen LogP contribution in [0.25, 0.3) is 33.8 Å². The predicted molar refractivity (Wildman–Crippen MR) is 79.2 cm³/mol. The van der Waals surface area contributed by atoms with Crippen molar-refractivity contribution in [1.82, 2.24) is 30.6 Å². The molecule has 0 amide bonds. The number of hydrogen-bond acceptors (Lipinski definition) is 3. The summed E-state index contributed by atoms with van der Waals surface area (Å²) in [5.41, 5.74) is 5.75. The third-order valence-electron chi connectivity index (χ3n) is 3.32. The van der Waals surface area contributed by atoms with Gasteiger partial charge in [-0.05, 0) is 36.4 Å². The van der Waals surface area contributed by atoms with Crippen LogP contribution in [0, 0.1) is 0 Å². The van der Waals surface area contributed by atoms with Gasteiger partial charge in [0.25, 0.3) is 0 Å². The zero-order valence-electron chi connectivity index (χ0n) is 11.0. The van der Waals surface area contributed by atoms with Crippen molar-refractivity contribution in [1.29, 1.82) is 0 Å². The van der Waals surface area contributed by atoms with Gasteiger partial charge in [0.2, 0.25) is 0 Å². The van der Waals surface area contributed by atoms with Crippen LogP contribution in [-0.2, 0) is 0 Å². The summed E-state index contributed by atoms with van der Waals surface area (Å²) in [6.45, 7) is 0. The molecule has 102 valence electrons. The number of nitrogens with zero attached hydrogens (tertiary/aromatic N) is 3. The molecule has 0 atom stereocenters. The lowest BCUT2D eigenvalue weighted by atomic mass is 10.00. The average Bonchev–Trinajstić information content (AvgIpc) is 3.29. The van der Waals surface area contributed by atoms with E-state index in [4.69, 9.17) is 0 Å². The first-order valence-corrected chi connectivity index (χ1v) is 6.56. The van der Waals surface area contributed by atoms with E-state index in [1.165, 1.54) is 0 Å². The van der Waals surface area contributed by atoms with E-state index < -0.39 is 0 Å². The summed E-state index contributed by atoms with van der Waals surface area (Å²) in [5, 5.41) is 21.3. The minimum absolute atomic E-state index is 0.893. The van der Waals surface area contributed by atoms with Crippen molar-refractivity contribution in [2.24, 2.45) is 0 Å². The molecule has 0 bridgehead atoms. The summed E-state index contributed by atoms with van der Waals surface area (Å²) in [6.07, 6.45) is 5.43. The Balaban J connectivity index is 1.92. The van der Waals surface area contributed by atoms with E-state index in [2.05, 4.69) is 48.8 Å². The standard InChI is InChI=1S/C15H12N6/c1-4-16-19-13(1)10-7-11(14-2-5-17-20-14)9-12(8-10)15-3-6-18-21-15/h1-9H,(H,16,19)(H,17,20)(H,18,21). The number of H-pyrrole nitrogens is 3. The van der Waals surface area contributed by atoms with E-state index in [9.17, 15) is 0 Å². The first-order valence-electron chi connectivity index (χ1n) is 6.56. The van der Waals surface area contributed by atoms with Crippen LogP contribution < -0.4 is 0 Å². The number of aromatic amines is 3. The molecule has 3 N–H and O–H groups in total. The van der Waals surface area contributed by atoms with Crippen LogP contribution >= 0.6 is 0 Å². The molecule has 0 aliphatic carbocycles. The Kier molecular flexibility index (Phi) is 2.64. The van der Waals surface area contributed by atoms with E-state index in [1.807, 2.05) is 36.8 Å². The molecule has 0 radical (unpaired) electrons. The molecule has 3 aromatic heterocycles. The quantitative estimate of drug-likeness (QED) is 0.537. The molecule has 4 aromatic rings. The summed E-state index contributed by atoms with van der Waals surface area (Å²) in [4.78, 5) is 0. The molecule has 0 aliphatic heterocycles. The number of aromatic nitrogens is 6. The average molecular weight is 276 g/mol. The van der Waals surface area contributed by atoms with Crippen molar-refractivity contribution in [2.45, 2.75) is 0 Å². The second-order valence-electron chi connectivity index (χ2n) is 4.68. The zero-order valence-corrected chi connectivity index (χ0v) is 11.0. The molecule has 0 aliphatic rings. The van der Waals surface area contributed by atoms with E-state index in [-0.39, 0.29) is 0 Å². The van der Waals surface area contributed by atoms with Gasteiger partial charge in [-0.2, -0.15) is 15.3 Å². The van der Waals surface area contributed by atoms with Crippen molar-refractivity contribution in [3.05, 3.63) is 55.0 Å². The molecule has 0 spiro atoms. The van der Waals surface area contributed by atoms with Crippen molar-refractivity contribution in [2.75, 3.05) is 0 Å². The summed E-state index contributed by atoms with van der Waals surface area (Å²) in [5.74, 6) is 0.